The van der Waals surface area contributed by atoms with Gasteiger partial charge >= 0.3 is 6.01 Å². The number of fused-ring (bicyclic) bond motifs is 1. The van der Waals surface area contributed by atoms with E-state index < -0.39 is 0 Å². The molecule has 0 unspecified atom stereocenters. The van der Waals surface area contributed by atoms with E-state index in [-0.39, 0.29) is 11.9 Å². The molecule has 2 N–H and O–H groups in total. The summed E-state index contributed by atoms with van der Waals surface area (Å²) in [5.74, 6) is 0.178. The van der Waals surface area contributed by atoms with Crippen LogP contribution in [0.2, 0.25) is 0 Å². The Labute approximate surface area is 103 Å². The Kier molecular flexibility index (Phi) is 2.47. The second-order valence-corrected chi connectivity index (χ2v) is 4.13. The van der Waals surface area contributed by atoms with E-state index in [1.165, 1.54) is 0 Å². The lowest BCUT2D eigenvalue weighted by atomic mass is 10.1. The van der Waals surface area contributed by atoms with E-state index in [9.17, 15) is 4.79 Å². The predicted octanol–water partition coefficient (Wildman–Crippen LogP) is 1.60. The van der Waals surface area contributed by atoms with Crippen LogP contribution >= 0.6 is 0 Å². The Morgan fingerprint density at radius 1 is 1.44 bits per heavy atom. The number of carbonyl (C=O) groups is 1. The highest BCUT2D eigenvalue weighted by atomic mass is 16.4. The Bertz CT molecular complexity index is 606. The fourth-order valence-corrected chi connectivity index (χ4v) is 1.96. The zero-order valence-electron chi connectivity index (χ0n) is 9.86. The quantitative estimate of drug-likeness (QED) is 0.838. The fraction of sp³-hybridized carbons (Fsp3) is 0.250. The number of amides is 1. The third-order valence-corrected chi connectivity index (χ3v) is 2.82. The van der Waals surface area contributed by atoms with Gasteiger partial charge in [-0.05, 0) is 30.2 Å². The molecule has 92 valence electrons. The van der Waals surface area contributed by atoms with Crippen molar-refractivity contribution in [1.82, 2.24) is 10.2 Å². The van der Waals surface area contributed by atoms with Crippen molar-refractivity contribution in [1.29, 1.82) is 0 Å². The highest BCUT2D eigenvalue weighted by Gasteiger charge is 2.15. The van der Waals surface area contributed by atoms with E-state index in [0.717, 1.165) is 24.2 Å². The van der Waals surface area contributed by atoms with Gasteiger partial charge < -0.3 is 9.73 Å². The van der Waals surface area contributed by atoms with Crippen LogP contribution in [0.25, 0.3) is 0 Å². The molecule has 2 heterocycles. The molecule has 1 amide bonds. The zero-order valence-corrected chi connectivity index (χ0v) is 9.86. The lowest BCUT2D eigenvalue weighted by molar-refractivity contribution is 0.102. The van der Waals surface area contributed by atoms with Crippen molar-refractivity contribution in [2.45, 2.75) is 13.3 Å². The van der Waals surface area contributed by atoms with Crippen molar-refractivity contribution in [2.75, 3.05) is 17.2 Å². The first-order valence-electron chi connectivity index (χ1n) is 5.70. The third kappa shape index (κ3) is 1.92. The van der Waals surface area contributed by atoms with Gasteiger partial charge in [0, 0.05) is 24.7 Å². The summed E-state index contributed by atoms with van der Waals surface area (Å²) in [6.45, 7) is 2.59. The van der Waals surface area contributed by atoms with Crippen LogP contribution in [0.5, 0.6) is 0 Å². The predicted molar refractivity (Wildman–Crippen MR) is 65.6 cm³/mol. The smallest absolute Gasteiger partial charge is 0.322 e. The summed E-state index contributed by atoms with van der Waals surface area (Å²) in [7, 11) is 0. The first kappa shape index (κ1) is 10.8. The van der Waals surface area contributed by atoms with E-state index in [1.54, 1.807) is 13.0 Å². The number of nitrogens with one attached hydrogen (secondary N) is 2. The molecule has 0 spiro atoms. The minimum Gasteiger partial charge on any atom is -0.408 e. The van der Waals surface area contributed by atoms with Crippen molar-refractivity contribution >= 4 is 17.6 Å². The molecule has 6 nitrogen and oxygen atoms in total. The molecule has 1 aliphatic rings. The van der Waals surface area contributed by atoms with Crippen molar-refractivity contribution in [3.8, 4) is 0 Å². The highest BCUT2D eigenvalue weighted by Crippen LogP contribution is 2.23. The molecule has 1 aromatic carbocycles. The molecule has 0 radical (unpaired) electrons. The molecule has 1 aromatic heterocycles. The Balaban J connectivity index is 1.80. The first-order chi connectivity index (χ1) is 8.72. The van der Waals surface area contributed by atoms with Crippen LogP contribution < -0.4 is 10.6 Å². The number of nitrogens with zero attached hydrogens (tertiary/aromatic N) is 2. The van der Waals surface area contributed by atoms with Gasteiger partial charge in [-0.15, -0.1) is 5.10 Å². The number of aryl methyl sites for hydroxylation is 1. The van der Waals surface area contributed by atoms with E-state index in [4.69, 9.17) is 4.42 Å². The SMILES string of the molecule is Cc1nnc(NC(=O)c2ccc3c(c2)CCN3)o1. The number of aromatic nitrogens is 2. The van der Waals surface area contributed by atoms with Gasteiger partial charge in [0.15, 0.2) is 0 Å². The summed E-state index contributed by atoms with van der Waals surface area (Å²) >= 11 is 0. The topological polar surface area (TPSA) is 80.0 Å². The third-order valence-electron chi connectivity index (χ3n) is 2.82. The fourth-order valence-electron chi connectivity index (χ4n) is 1.96. The van der Waals surface area contributed by atoms with Crippen molar-refractivity contribution < 1.29 is 9.21 Å². The molecule has 0 aliphatic carbocycles. The van der Waals surface area contributed by atoms with Crippen LogP contribution in [0.15, 0.2) is 22.6 Å². The van der Waals surface area contributed by atoms with Gasteiger partial charge in [0.05, 0.1) is 0 Å². The van der Waals surface area contributed by atoms with E-state index in [0.29, 0.717) is 11.5 Å². The molecule has 0 atom stereocenters. The van der Waals surface area contributed by atoms with Crippen LogP contribution in [-0.2, 0) is 6.42 Å². The maximum absolute atomic E-state index is 12.0. The molecule has 18 heavy (non-hydrogen) atoms. The number of carbonyl (C=O) groups excluding carboxylic acids is 1. The number of rotatable bonds is 2. The van der Waals surface area contributed by atoms with Gasteiger partial charge in [0.2, 0.25) is 5.89 Å². The maximum Gasteiger partial charge on any atom is 0.322 e. The maximum atomic E-state index is 12.0. The summed E-state index contributed by atoms with van der Waals surface area (Å²) in [5, 5.41) is 13.2. The number of benzene rings is 1. The second kappa shape index (κ2) is 4.14. The molecule has 3 rings (SSSR count). The highest BCUT2D eigenvalue weighted by molar-refractivity contribution is 6.03. The molecule has 0 fully saturated rings. The number of hydrogen-bond acceptors (Lipinski definition) is 5. The molecule has 0 saturated heterocycles. The lowest BCUT2D eigenvalue weighted by Gasteiger charge is -2.03. The van der Waals surface area contributed by atoms with Crippen LogP contribution in [-0.4, -0.2) is 22.6 Å². The van der Waals surface area contributed by atoms with Crippen LogP contribution in [0.3, 0.4) is 0 Å². The summed E-state index contributed by atoms with van der Waals surface area (Å²) in [4.78, 5) is 12.0. The van der Waals surface area contributed by atoms with E-state index in [2.05, 4.69) is 20.8 Å². The summed E-state index contributed by atoms with van der Waals surface area (Å²) in [6, 6.07) is 5.69. The van der Waals surface area contributed by atoms with Crippen LogP contribution in [0.4, 0.5) is 11.7 Å². The molecule has 6 heteroatoms. The van der Waals surface area contributed by atoms with Gasteiger partial charge in [-0.25, -0.2) is 0 Å². The average molecular weight is 244 g/mol. The average Bonchev–Trinajstić information content (AvgIpc) is 2.96. The van der Waals surface area contributed by atoms with Crippen molar-refractivity contribution in [2.24, 2.45) is 0 Å². The largest absolute Gasteiger partial charge is 0.408 e. The Morgan fingerprint density at radius 2 is 2.33 bits per heavy atom. The van der Waals surface area contributed by atoms with Crippen molar-refractivity contribution in [3.63, 3.8) is 0 Å². The van der Waals surface area contributed by atoms with Gasteiger partial charge in [-0.3, -0.25) is 10.1 Å². The standard InChI is InChI=1S/C12H12N4O2/c1-7-15-16-12(18-7)14-11(17)9-2-3-10-8(6-9)4-5-13-10/h2-3,6,13H,4-5H2,1H3,(H,14,16,17). The molecule has 2 aromatic rings. The summed E-state index contributed by atoms with van der Waals surface area (Å²) < 4.78 is 5.10. The van der Waals surface area contributed by atoms with Gasteiger partial charge in [0.25, 0.3) is 5.91 Å². The molecular formula is C12H12N4O2. The monoisotopic (exact) mass is 244 g/mol. The normalized spacial score (nSPS) is 12.9. The Hall–Kier alpha value is -2.37. The zero-order chi connectivity index (χ0) is 12.5. The minimum atomic E-state index is -0.242. The molecule has 0 bridgehead atoms. The van der Waals surface area contributed by atoms with Gasteiger partial charge in [0.1, 0.15) is 0 Å². The van der Waals surface area contributed by atoms with Crippen molar-refractivity contribution in [3.05, 3.63) is 35.2 Å². The lowest BCUT2D eigenvalue weighted by Crippen LogP contribution is -2.12. The van der Waals surface area contributed by atoms with E-state index >= 15 is 0 Å². The summed E-state index contributed by atoms with van der Waals surface area (Å²) in [5.41, 5.74) is 2.85. The second-order valence-electron chi connectivity index (χ2n) is 4.13. The van der Waals surface area contributed by atoms with Gasteiger partial charge in [-0.1, -0.05) is 5.10 Å². The molecule has 0 saturated carbocycles. The first-order valence-corrected chi connectivity index (χ1v) is 5.70. The van der Waals surface area contributed by atoms with Crippen LogP contribution in [0.1, 0.15) is 21.8 Å². The molecular weight excluding hydrogens is 232 g/mol. The molecule has 1 aliphatic heterocycles. The number of hydrogen-bond donors (Lipinski definition) is 2. The van der Waals surface area contributed by atoms with E-state index in [1.807, 2.05) is 12.1 Å². The van der Waals surface area contributed by atoms with Crippen LogP contribution in [0, 0.1) is 6.92 Å². The Morgan fingerprint density at radius 3 is 3.11 bits per heavy atom. The summed E-state index contributed by atoms with van der Waals surface area (Å²) in [6.07, 6.45) is 0.941. The minimum absolute atomic E-state index is 0.121. The number of anilines is 2. The van der Waals surface area contributed by atoms with Gasteiger partial charge in [-0.2, -0.15) is 0 Å².